The van der Waals surface area contributed by atoms with Crippen molar-refractivity contribution in [2.45, 2.75) is 10.8 Å². The molecular formula is C16H17NO6S2. The van der Waals surface area contributed by atoms with Gasteiger partial charge in [-0.3, -0.25) is 14.4 Å². The normalized spacial score (nSPS) is 13.2. The monoisotopic (exact) mass is 383 g/mol. The average Bonchev–Trinajstić information content (AvgIpc) is 3.02. The number of thioether (sulfide) groups is 1. The van der Waals surface area contributed by atoms with Crippen LogP contribution in [0.15, 0.2) is 28.6 Å². The molecule has 1 N–H and O–H groups in total. The second-order valence-corrected chi connectivity index (χ2v) is 7.41. The van der Waals surface area contributed by atoms with E-state index < -0.39 is 29.7 Å². The molecule has 25 heavy (non-hydrogen) atoms. The Kier molecular flexibility index (Phi) is 6.77. The van der Waals surface area contributed by atoms with E-state index in [1.54, 1.807) is 0 Å². The van der Waals surface area contributed by atoms with Crippen molar-refractivity contribution in [1.82, 2.24) is 4.98 Å². The number of rotatable bonds is 8. The topological polar surface area (TPSA) is 103 Å². The number of methoxy groups -OCH3 is 2. The zero-order valence-electron chi connectivity index (χ0n) is 13.6. The van der Waals surface area contributed by atoms with E-state index in [0.717, 1.165) is 17.3 Å². The number of carbonyl (C=O) groups excluding carboxylic acids is 2. The number of aliphatic carboxylic acids is 1. The summed E-state index contributed by atoms with van der Waals surface area (Å²) < 4.78 is 10.9. The molecule has 2 unspecified atom stereocenters. The number of carboxylic acids is 1. The van der Waals surface area contributed by atoms with Crippen LogP contribution in [0.2, 0.25) is 0 Å². The quantitative estimate of drug-likeness (QED) is 0.548. The van der Waals surface area contributed by atoms with E-state index in [0.29, 0.717) is 4.34 Å². The van der Waals surface area contributed by atoms with Crippen molar-refractivity contribution in [1.29, 1.82) is 0 Å². The zero-order valence-corrected chi connectivity index (χ0v) is 15.3. The van der Waals surface area contributed by atoms with E-state index in [4.69, 9.17) is 0 Å². The summed E-state index contributed by atoms with van der Waals surface area (Å²) in [7, 11) is 2.34. The van der Waals surface area contributed by atoms with Crippen LogP contribution in [0.3, 0.4) is 0 Å². The Morgan fingerprint density at radius 2 is 1.92 bits per heavy atom. The maximum Gasteiger partial charge on any atom is 0.310 e. The summed E-state index contributed by atoms with van der Waals surface area (Å²) in [6.07, 6.45) is -0.347. The maximum absolute atomic E-state index is 11.9. The predicted molar refractivity (Wildman–Crippen MR) is 93.6 cm³/mol. The molecule has 0 fully saturated rings. The van der Waals surface area contributed by atoms with E-state index in [-0.39, 0.29) is 12.2 Å². The highest BCUT2D eigenvalue weighted by Crippen LogP contribution is 2.32. The first kappa shape index (κ1) is 19.2. The molecule has 0 spiro atoms. The number of fused-ring (bicyclic) bond motifs is 1. The van der Waals surface area contributed by atoms with E-state index in [2.05, 4.69) is 14.5 Å². The summed E-state index contributed by atoms with van der Waals surface area (Å²) in [6.45, 7) is 0. The predicted octanol–water partition coefficient (Wildman–Crippen LogP) is 2.44. The number of aromatic nitrogens is 1. The third-order valence-electron chi connectivity index (χ3n) is 3.58. The highest BCUT2D eigenvalue weighted by molar-refractivity contribution is 8.01. The molecule has 2 atom stereocenters. The molecule has 0 aliphatic heterocycles. The molecule has 1 aromatic carbocycles. The number of carbonyl (C=O) groups is 3. The molecule has 1 aromatic heterocycles. The number of benzene rings is 1. The number of nitrogens with zero attached hydrogens (tertiary/aromatic N) is 1. The Hall–Kier alpha value is -2.13. The number of carboxylic acid groups (broad SMARTS) is 1. The van der Waals surface area contributed by atoms with Crippen molar-refractivity contribution >= 4 is 51.2 Å². The lowest BCUT2D eigenvalue weighted by molar-refractivity contribution is -0.158. The van der Waals surface area contributed by atoms with Gasteiger partial charge in [-0.2, -0.15) is 0 Å². The molecule has 0 amide bonds. The van der Waals surface area contributed by atoms with Gasteiger partial charge in [0.05, 0.1) is 42.7 Å². The lowest BCUT2D eigenvalue weighted by Crippen LogP contribution is -2.34. The number of hydrogen-bond acceptors (Lipinski definition) is 8. The van der Waals surface area contributed by atoms with E-state index in [1.807, 2.05) is 24.3 Å². The third kappa shape index (κ3) is 4.93. The van der Waals surface area contributed by atoms with Gasteiger partial charge < -0.3 is 14.6 Å². The second-order valence-electron chi connectivity index (χ2n) is 5.11. The first-order chi connectivity index (χ1) is 12.0. The maximum atomic E-state index is 11.9. The van der Waals surface area contributed by atoms with Crippen LogP contribution >= 0.6 is 23.1 Å². The van der Waals surface area contributed by atoms with Crippen LogP contribution in [0.1, 0.15) is 6.42 Å². The minimum atomic E-state index is -1.17. The van der Waals surface area contributed by atoms with Crippen LogP contribution < -0.4 is 0 Å². The Bertz CT molecular complexity index is 742. The minimum Gasteiger partial charge on any atom is -0.481 e. The molecule has 1 heterocycles. The lowest BCUT2D eigenvalue weighted by Gasteiger charge is -2.20. The highest BCUT2D eigenvalue weighted by Gasteiger charge is 2.37. The van der Waals surface area contributed by atoms with Crippen molar-refractivity contribution in [3.8, 4) is 0 Å². The van der Waals surface area contributed by atoms with Gasteiger partial charge in [-0.15, -0.1) is 11.3 Å². The third-order valence-corrected chi connectivity index (χ3v) is 5.88. The van der Waals surface area contributed by atoms with Crippen LogP contribution in [-0.2, 0) is 23.9 Å². The molecule has 0 aliphatic rings. The van der Waals surface area contributed by atoms with Crippen molar-refractivity contribution in [3.05, 3.63) is 24.3 Å². The molecule has 0 saturated carbocycles. The van der Waals surface area contributed by atoms with Gasteiger partial charge in [0.1, 0.15) is 0 Å². The summed E-state index contributed by atoms with van der Waals surface area (Å²) in [4.78, 5) is 39.5. The van der Waals surface area contributed by atoms with Gasteiger partial charge >= 0.3 is 17.9 Å². The molecule has 9 heteroatoms. The molecule has 134 valence electrons. The van der Waals surface area contributed by atoms with Gasteiger partial charge in [-0.1, -0.05) is 23.9 Å². The fourth-order valence-electron chi connectivity index (χ4n) is 2.24. The van der Waals surface area contributed by atoms with E-state index in [1.165, 1.54) is 30.2 Å². The average molecular weight is 383 g/mol. The minimum absolute atomic E-state index is 0.0892. The number of ether oxygens (including phenoxy) is 2. The molecular weight excluding hydrogens is 366 g/mol. The van der Waals surface area contributed by atoms with Gasteiger partial charge in [0, 0.05) is 5.75 Å². The Morgan fingerprint density at radius 1 is 1.20 bits per heavy atom. The lowest BCUT2D eigenvalue weighted by atomic mass is 9.91. The molecule has 7 nitrogen and oxygen atoms in total. The number of esters is 2. The second kappa shape index (κ2) is 8.82. The summed E-state index contributed by atoms with van der Waals surface area (Å²) in [5.41, 5.74) is 0.834. The molecule has 0 aliphatic carbocycles. The first-order valence-electron chi connectivity index (χ1n) is 7.32. The van der Waals surface area contributed by atoms with Crippen LogP contribution in [0.5, 0.6) is 0 Å². The van der Waals surface area contributed by atoms with E-state index >= 15 is 0 Å². The van der Waals surface area contributed by atoms with Gasteiger partial charge in [-0.05, 0) is 12.1 Å². The smallest absolute Gasteiger partial charge is 0.310 e. The summed E-state index contributed by atoms with van der Waals surface area (Å²) in [5.74, 6) is -4.70. The SMILES string of the molecule is COC(=O)CC(C(=O)OC)C(CSc1nc2ccccc2s1)C(=O)O. The summed E-state index contributed by atoms with van der Waals surface area (Å²) in [6, 6.07) is 7.58. The van der Waals surface area contributed by atoms with Gasteiger partial charge in [0.25, 0.3) is 0 Å². The summed E-state index contributed by atoms with van der Waals surface area (Å²) >= 11 is 2.69. The van der Waals surface area contributed by atoms with Crippen molar-refractivity contribution in [3.63, 3.8) is 0 Å². The van der Waals surface area contributed by atoms with Crippen molar-refractivity contribution in [2.24, 2.45) is 11.8 Å². The fraction of sp³-hybridized carbons (Fsp3) is 0.375. The molecule has 0 radical (unpaired) electrons. The van der Waals surface area contributed by atoms with Gasteiger partial charge in [-0.25, -0.2) is 4.98 Å². The van der Waals surface area contributed by atoms with E-state index in [9.17, 15) is 19.5 Å². The fourth-order valence-corrected chi connectivity index (χ4v) is 4.50. The van der Waals surface area contributed by atoms with Crippen LogP contribution in [0, 0.1) is 11.8 Å². The molecule has 2 aromatic rings. The summed E-state index contributed by atoms with van der Waals surface area (Å²) in [5, 5.41) is 9.50. The zero-order chi connectivity index (χ0) is 18.4. The van der Waals surface area contributed by atoms with Crippen molar-refractivity contribution < 1.29 is 29.0 Å². The standard InChI is InChI=1S/C16H17NO6S2/c1-22-13(18)7-9(15(21)23-2)10(14(19)20)8-24-16-17-11-5-3-4-6-12(11)25-16/h3-6,9-10H,7-8H2,1-2H3,(H,19,20). The molecule has 0 saturated heterocycles. The number of thiazole rings is 1. The first-order valence-corrected chi connectivity index (χ1v) is 9.12. The number of para-hydroxylation sites is 1. The highest BCUT2D eigenvalue weighted by atomic mass is 32.2. The van der Waals surface area contributed by atoms with Gasteiger partial charge in [0.2, 0.25) is 0 Å². The number of hydrogen-bond donors (Lipinski definition) is 1. The molecule has 2 rings (SSSR count). The molecule has 0 bridgehead atoms. The Morgan fingerprint density at radius 3 is 2.52 bits per heavy atom. The van der Waals surface area contributed by atoms with Crippen LogP contribution in [-0.4, -0.2) is 48.0 Å². The Balaban J connectivity index is 2.15. The van der Waals surface area contributed by atoms with Crippen LogP contribution in [0.4, 0.5) is 0 Å². The van der Waals surface area contributed by atoms with Crippen molar-refractivity contribution in [2.75, 3.05) is 20.0 Å². The Labute approximate surface area is 152 Å². The van der Waals surface area contributed by atoms with Gasteiger partial charge in [0.15, 0.2) is 4.34 Å². The van der Waals surface area contributed by atoms with Crippen LogP contribution in [0.25, 0.3) is 10.2 Å². The largest absolute Gasteiger partial charge is 0.481 e.